The lowest BCUT2D eigenvalue weighted by Crippen LogP contribution is -2.30. The van der Waals surface area contributed by atoms with Gasteiger partial charge < -0.3 is 15.3 Å². The van der Waals surface area contributed by atoms with Gasteiger partial charge in [0.15, 0.2) is 0 Å². The molecule has 4 nitrogen and oxygen atoms in total. The third-order valence-corrected chi connectivity index (χ3v) is 4.17. The molecule has 0 unspecified atom stereocenters. The molecule has 1 aromatic carbocycles. The highest BCUT2D eigenvalue weighted by Crippen LogP contribution is 2.27. The largest absolute Gasteiger partial charge is 0.393 e. The number of nitrogens with one attached hydrogen (secondary N) is 1. The zero-order valence-corrected chi connectivity index (χ0v) is 13.5. The number of aliphatic hydroxyl groups excluding tert-OH is 1. The van der Waals surface area contributed by atoms with Crippen LogP contribution >= 0.6 is 15.9 Å². The Labute approximate surface area is 128 Å². The molecule has 2 N–H and O–H groups in total. The first kappa shape index (κ1) is 15.3. The molecule has 1 aromatic rings. The lowest BCUT2D eigenvalue weighted by Gasteiger charge is -2.28. The van der Waals surface area contributed by atoms with Crippen molar-refractivity contribution in [3.8, 4) is 0 Å². The first-order valence-electron chi connectivity index (χ1n) is 6.93. The maximum Gasteiger partial charge on any atom is 0.255 e. The fourth-order valence-corrected chi connectivity index (χ4v) is 2.86. The average molecular weight is 341 g/mol. The molecule has 110 valence electrons. The van der Waals surface area contributed by atoms with Crippen molar-refractivity contribution >= 4 is 27.5 Å². The Kier molecular flexibility index (Phi) is 5.05. The van der Waals surface area contributed by atoms with Crippen molar-refractivity contribution < 1.29 is 9.90 Å². The molecule has 0 atom stereocenters. The lowest BCUT2D eigenvalue weighted by atomic mass is 9.92. The van der Waals surface area contributed by atoms with Gasteiger partial charge in [0.1, 0.15) is 0 Å². The van der Waals surface area contributed by atoms with Crippen LogP contribution in [-0.2, 0) is 0 Å². The normalized spacial score (nSPS) is 22.4. The number of nitrogens with zero attached hydrogens (tertiary/aromatic N) is 1. The minimum absolute atomic E-state index is 0.00959. The maximum absolute atomic E-state index is 12.2. The molecule has 1 saturated carbocycles. The lowest BCUT2D eigenvalue weighted by molar-refractivity contribution is 0.0828. The Morgan fingerprint density at radius 2 is 1.95 bits per heavy atom. The summed E-state index contributed by atoms with van der Waals surface area (Å²) in [5, 5.41) is 13.0. The van der Waals surface area contributed by atoms with E-state index in [2.05, 4.69) is 21.2 Å². The SMILES string of the molecule is CN(C)C(=O)c1cc(Br)ccc1N[C@H]1CC[C@H](O)CC1. The van der Waals surface area contributed by atoms with Crippen LogP contribution in [0.1, 0.15) is 36.0 Å². The van der Waals surface area contributed by atoms with E-state index in [1.54, 1.807) is 19.0 Å². The third kappa shape index (κ3) is 3.73. The summed E-state index contributed by atoms with van der Waals surface area (Å²) < 4.78 is 0.896. The van der Waals surface area contributed by atoms with E-state index in [4.69, 9.17) is 0 Å². The molecule has 0 heterocycles. The second kappa shape index (κ2) is 6.59. The van der Waals surface area contributed by atoms with Crippen LogP contribution in [0.5, 0.6) is 0 Å². The number of benzene rings is 1. The van der Waals surface area contributed by atoms with Crippen LogP contribution in [0.4, 0.5) is 5.69 Å². The summed E-state index contributed by atoms with van der Waals surface area (Å²) in [6.07, 6.45) is 3.36. The van der Waals surface area contributed by atoms with Crippen molar-refractivity contribution in [2.45, 2.75) is 37.8 Å². The van der Waals surface area contributed by atoms with Crippen LogP contribution in [0.3, 0.4) is 0 Å². The van der Waals surface area contributed by atoms with Gasteiger partial charge in [-0.25, -0.2) is 0 Å². The molecule has 0 bridgehead atoms. The molecule has 1 aliphatic carbocycles. The molecule has 0 spiro atoms. The number of anilines is 1. The number of carbonyl (C=O) groups excluding carboxylic acids is 1. The first-order chi connectivity index (χ1) is 9.47. The van der Waals surface area contributed by atoms with Crippen LogP contribution in [-0.4, -0.2) is 42.2 Å². The predicted octanol–water partition coefficient (Wildman–Crippen LogP) is 2.87. The third-order valence-electron chi connectivity index (χ3n) is 3.67. The molecule has 1 amide bonds. The summed E-state index contributed by atoms with van der Waals surface area (Å²) in [6, 6.07) is 6.05. The van der Waals surface area contributed by atoms with Gasteiger partial charge in [-0.15, -0.1) is 0 Å². The van der Waals surface area contributed by atoms with E-state index < -0.39 is 0 Å². The topological polar surface area (TPSA) is 52.6 Å². The predicted molar refractivity (Wildman–Crippen MR) is 84.0 cm³/mol. The second-order valence-corrected chi connectivity index (χ2v) is 6.45. The standard InChI is InChI=1S/C15H21BrN2O2/c1-18(2)15(20)13-9-10(16)3-8-14(13)17-11-4-6-12(19)7-5-11/h3,8-9,11-12,17,19H,4-7H2,1-2H3/t11-,12-. The molecule has 0 aliphatic heterocycles. The Bertz CT molecular complexity index is 483. The number of rotatable bonds is 3. The monoisotopic (exact) mass is 340 g/mol. The number of aliphatic hydroxyl groups is 1. The molecule has 1 fully saturated rings. The molecule has 1 aliphatic rings. The molecule has 20 heavy (non-hydrogen) atoms. The molecular formula is C15H21BrN2O2. The van der Waals surface area contributed by atoms with Crippen LogP contribution in [0.25, 0.3) is 0 Å². The highest BCUT2D eigenvalue weighted by Gasteiger charge is 2.21. The highest BCUT2D eigenvalue weighted by molar-refractivity contribution is 9.10. The van der Waals surface area contributed by atoms with Crippen LogP contribution < -0.4 is 5.32 Å². The summed E-state index contributed by atoms with van der Waals surface area (Å²) in [5.74, 6) is -0.00959. The Hall–Kier alpha value is -1.07. The van der Waals surface area contributed by atoms with Gasteiger partial charge in [-0.2, -0.15) is 0 Å². The summed E-state index contributed by atoms with van der Waals surface area (Å²) >= 11 is 3.42. The van der Waals surface area contributed by atoms with Crippen molar-refractivity contribution in [2.75, 3.05) is 19.4 Å². The highest BCUT2D eigenvalue weighted by atomic mass is 79.9. The van der Waals surface area contributed by atoms with E-state index in [0.717, 1.165) is 35.8 Å². The number of hydrogen-bond acceptors (Lipinski definition) is 3. The van der Waals surface area contributed by atoms with E-state index in [0.29, 0.717) is 11.6 Å². The van der Waals surface area contributed by atoms with Crippen LogP contribution in [0.2, 0.25) is 0 Å². The summed E-state index contributed by atoms with van der Waals surface area (Å²) in [4.78, 5) is 13.8. The van der Waals surface area contributed by atoms with E-state index in [1.165, 1.54) is 0 Å². The molecular weight excluding hydrogens is 320 g/mol. The number of amides is 1. The Morgan fingerprint density at radius 3 is 2.55 bits per heavy atom. The number of halogens is 1. The zero-order chi connectivity index (χ0) is 14.7. The van der Waals surface area contributed by atoms with E-state index in [9.17, 15) is 9.90 Å². The Balaban J connectivity index is 2.16. The van der Waals surface area contributed by atoms with Crippen molar-refractivity contribution in [2.24, 2.45) is 0 Å². The van der Waals surface area contributed by atoms with Crippen LogP contribution in [0.15, 0.2) is 22.7 Å². The van der Waals surface area contributed by atoms with Gasteiger partial charge >= 0.3 is 0 Å². The van der Waals surface area contributed by atoms with E-state index in [1.807, 2.05) is 18.2 Å². The minimum atomic E-state index is -0.166. The average Bonchev–Trinajstić information content (AvgIpc) is 2.42. The van der Waals surface area contributed by atoms with Gasteiger partial charge in [-0.05, 0) is 43.9 Å². The molecule has 2 rings (SSSR count). The Morgan fingerprint density at radius 1 is 1.30 bits per heavy atom. The van der Waals surface area contributed by atoms with Crippen LogP contribution in [0, 0.1) is 0 Å². The summed E-state index contributed by atoms with van der Waals surface area (Å²) in [7, 11) is 3.51. The van der Waals surface area contributed by atoms with E-state index in [-0.39, 0.29) is 12.0 Å². The summed E-state index contributed by atoms with van der Waals surface area (Å²) in [5.41, 5.74) is 1.55. The van der Waals surface area contributed by atoms with Gasteiger partial charge in [0, 0.05) is 30.3 Å². The van der Waals surface area contributed by atoms with Crippen molar-refractivity contribution in [3.63, 3.8) is 0 Å². The smallest absolute Gasteiger partial charge is 0.255 e. The van der Waals surface area contributed by atoms with Gasteiger partial charge in [-0.1, -0.05) is 15.9 Å². The van der Waals surface area contributed by atoms with Gasteiger partial charge in [0.25, 0.3) is 5.91 Å². The van der Waals surface area contributed by atoms with Gasteiger partial charge in [-0.3, -0.25) is 4.79 Å². The van der Waals surface area contributed by atoms with Gasteiger partial charge in [0.2, 0.25) is 0 Å². The summed E-state index contributed by atoms with van der Waals surface area (Å²) in [6.45, 7) is 0. The second-order valence-electron chi connectivity index (χ2n) is 5.54. The fourth-order valence-electron chi connectivity index (χ4n) is 2.50. The number of carbonyl (C=O) groups is 1. The quantitative estimate of drug-likeness (QED) is 0.889. The van der Waals surface area contributed by atoms with Crippen molar-refractivity contribution in [1.82, 2.24) is 4.90 Å². The zero-order valence-electron chi connectivity index (χ0n) is 11.9. The van der Waals surface area contributed by atoms with Crippen molar-refractivity contribution in [3.05, 3.63) is 28.2 Å². The molecule has 0 aromatic heterocycles. The number of hydrogen-bond donors (Lipinski definition) is 2. The van der Waals surface area contributed by atoms with Gasteiger partial charge in [0.05, 0.1) is 11.7 Å². The first-order valence-corrected chi connectivity index (χ1v) is 7.72. The molecule has 0 saturated heterocycles. The molecule has 0 radical (unpaired) electrons. The minimum Gasteiger partial charge on any atom is -0.393 e. The fraction of sp³-hybridized carbons (Fsp3) is 0.533. The van der Waals surface area contributed by atoms with Crippen molar-refractivity contribution in [1.29, 1.82) is 0 Å². The van der Waals surface area contributed by atoms with E-state index >= 15 is 0 Å². The molecule has 5 heteroatoms. The maximum atomic E-state index is 12.2.